The Hall–Kier alpha value is -1.29. The van der Waals surface area contributed by atoms with Crippen molar-refractivity contribution < 1.29 is 0 Å². The van der Waals surface area contributed by atoms with Crippen LogP contribution in [0.4, 0.5) is 0 Å². The van der Waals surface area contributed by atoms with Crippen LogP contribution in [0.5, 0.6) is 0 Å². The third kappa shape index (κ3) is 3.62. The predicted molar refractivity (Wildman–Crippen MR) is 59.9 cm³/mol. The predicted octanol–water partition coefficient (Wildman–Crippen LogP) is 3.04. The van der Waals surface area contributed by atoms with Crippen LogP contribution in [-0.4, -0.2) is 4.98 Å². The lowest BCUT2D eigenvalue weighted by Crippen LogP contribution is -1.97. The lowest BCUT2D eigenvalue weighted by molar-refractivity contribution is 0.635. The number of nitrogens with zero attached hydrogens (tertiary/aromatic N) is 1. The highest BCUT2D eigenvalue weighted by Crippen LogP contribution is 2.06. The summed E-state index contributed by atoms with van der Waals surface area (Å²) in [5.41, 5.74) is 2.22. The minimum Gasteiger partial charge on any atom is -0.261 e. The molecule has 1 aromatic heterocycles. The van der Waals surface area contributed by atoms with Crippen LogP contribution in [0.1, 0.15) is 38.4 Å². The fourth-order valence-corrected chi connectivity index (χ4v) is 1.28. The Kier molecular flexibility index (Phi) is 4.19. The van der Waals surface area contributed by atoms with E-state index in [2.05, 4.69) is 43.7 Å². The first-order valence-electron chi connectivity index (χ1n) is 5.16. The number of pyridine rings is 1. The second kappa shape index (κ2) is 5.44. The Bertz CT molecular complexity index is 342. The van der Waals surface area contributed by atoms with Crippen LogP contribution in [0.25, 0.3) is 0 Å². The zero-order chi connectivity index (χ0) is 10.4. The van der Waals surface area contributed by atoms with E-state index in [1.165, 1.54) is 0 Å². The monoisotopic (exact) mass is 187 g/mol. The van der Waals surface area contributed by atoms with E-state index in [1.54, 1.807) is 0 Å². The van der Waals surface area contributed by atoms with Crippen LogP contribution in [0.2, 0.25) is 0 Å². The lowest BCUT2D eigenvalue weighted by atomic mass is 10.1. The first-order valence-corrected chi connectivity index (χ1v) is 5.16. The quantitative estimate of drug-likeness (QED) is 0.648. The van der Waals surface area contributed by atoms with Gasteiger partial charge < -0.3 is 0 Å². The molecule has 0 radical (unpaired) electrons. The fraction of sp³-hybridized carbons (Fsp3) is 0.462. The first-order chi connectivity index (χ1) is 6.72. The zero-order valence-corrected chi connectivity index (χ0v) is 9.17. The van der Waals surface area contributed by atoms with Crippen LogP contribution in [0, 0.1) is 17.8 Å². The molecule has 1 rings (SSSR count). The Balaban J connectivity index is 2.78. The van der Waals surface area contributed by atoms with Crippen molar-refractivity contribution in [1.29, 1.82) is 0 Å². The summed E-state index contributed by atoms with van der Waals surface area (Å²) in [5.74, 6) is 6.84. The molecule has 0 aliphatic rings. The van der Waals surface area contributed by atoms with Crippen molar-refractivity contribution in [2.75, 3.05) is 0 Å². The third-order valence-electron chi connectivity index (χ3n) is 1.84. The Morgan fingerprint density at radius 1 is 1.43 bits per heavy atom. The van der Waals surface area contributed by atoms with E-state index in [1.807, 2.05) is 12.3 Å². The molecule has 0 saturated carbocycles. The molecule has 0 aliphatic carbocycles. The van der Waals surface area contributed by atoms with Gasteiger partial charge in [-0.3, -0.25) is 4.98 Å². The molecule has 0 saturated heterocycles. The van der Waals surface area contributed by atoms with E-state index in [0.717, 1.165) is 24.1 Å². The van der Waals surface area contributed by atoms with E-state index in [4.69, 9.17) is 0 Å². The van der Waals surface area contributed by atoms with Gasteiger partial charge >= 0.3 is 0 Å². The van der Waals surface area contributed by atoms with Crippen molar-refractivity contribution in [3.05, 3.63) is 29.6 Å². The molecule has 0 amide bonds. The summed E-state index contributed by atoms with van der Waals surface area (Å²) in [6.07, 6.45) is 3.78. The summed E-state index contributed by atoms with van der Waals surface area (Å²) in [5, 5.41) is 0. The number of aromatic nitrogens is 1. The minimum absolute atomic E-state index is 0.650. The number of rotatable bonds is 2. The molecule has 0 N–H and O–H groups in total. The van der Waals surface area contributed by atoms with E-state index >= 15 is 0 Å². The number of hydrogen-bond acceptors (Lipinski definition) is 1. The molecule has 14 heavy (non-hydrogen) atoms. The highest BCUT2D eigenvalue weighted by molar-refractivity contribution is 5.34. The number of hydrogen-bond donors (Lipinski definition) is 0. The van der Waals surface area contributed by atoms with E-state index in [9.17, 15) is 0 Å². The highest BCUT2D eigenvalue weighted by atomic mass is 14.7. The van der Waals surface area contributed by atoms with Crippen LogP contribution >= 0.6 is 0 Å². The van der Waals surface area contributed by atoms with Crippen LogP contribution in [0.3, 0.4) is 0 Å². The van der Waals surface area contributed by atoms with Gasteiger partial charge in [-0.25, -0.2) is 0 Å². The van der Waals surface area contributed by atoms with Gasteiger partial charge in [-0.1, -0.05) is 32.6 Å². The lowest BCUT2D eigenvalue weighted by Gasteiger charge is -2.03. The minimum atomic E-state index is 0.650. The van der Waals surface area contributed by atoms with Crippen LogP contribution in [0.15, 0.2) is 18.3 Å². The van der Waals surface area contributed by atoms with Crippen LogP contribution < -0.4 is 0 Å². The molecule has 0 unspecified atom stereocenters. The highest BCUT2D eigenvalue weighted by Gasteiger charge is 1.98. The third-order valence-corrected chi connectivity index (χ3v) is 1.84. The fourth-order valence-electron chi connectivity index (χ4n) is 1.28. The second-order valence-corrected chi connectivity index (χ2v) is 3.79. The Morgan fingerprint density at radius 3 is 2.86 bits per heavy atom. The summed E-state index contributed by atoms with van der Waals surface area (Å²) in [6.45, 7) is 6.46. The molecule has 0 aliphatic heterocycles. The Labute approximate surface area is 86.6 Å². The van der Waals surface area contributed by atoms with Gasteiger partial charge in [0.05, 0.1) is 0 Å². The molecule has 0 fully saturated rings. The molecular weight excluding hydrogens is 170 g/mol. The summed E-state index contributed by atoms with van der Waals surface area (Å²) in [4.78, 5) is 4.32. The molecule has 0 bridgehead atoms. The van der Waals surface area contributed by atoms with Gasteiger partial charge in [-0.15, -0.1) is 0 Å². The average Bonchev–Trinajstić information content (AvgIpc) is 2.14. The summed E-state index contributed by atoms with van der Waals surface area (Å²) in [7, 11) is 0. The maximum Gasteiger partial charge on any atom is 0.0418 e. The van der Waals surface area contributed by atoms with Gasteiger partial charge in [0.15, 0.2) is 0 Å². The van der Waals surface area contributed by atoms with Gasteiger partial charge in [0, 0.05) is 23.9 Å². The van der Waals surface area contributed by atoms with Crippen LogP contribution in [-0.2, 0) is 6.42 Å². The van der Waals surface area contributed by atoms with Gasteiger partial charge in [0.1, 0.15) is 0 Å². The molecule has 1 aromatic rings. The van der Waals surface area contributed by atoms with Gasteiger partial charge in [-0.2, -0.15) is 0 Å². The van der Waals surface area contributed by atoms with Gasteiger partial charge in [0.25, 0.3) is 0 Å². The van der Waals surface area contributed by atoms with Crippen molar-refractivity contribution in [1.82, 2.24) is 4.98 Å². The van der Waals surface area contributed by atoms with Crippen molar-refractivity contribution >= 4 is 0 Å². The zero-order valence-electron chi connectivity index (χ0n) is 9.17. The van der Waals surface area contributed by atoms with E-state index in [0.29, 0.717) is 5.92 Å². The largest absolute Gasteiger partial charge is 0.261 e. The molecule has 74 valence electrons. The maximum absolute atomic E-state index is 4.32. The average molecular weight is 187 g/mol. The van der Waals surface area contributed by atoms with Gasteiger partial charge in [0.2, 0.25) is 0 Å². The SMILES string of the molecule is CCC#Cc1ccnc(CC(C)C)c1. The van der Waals surface area contributed by atoms with Crippen molar-refractivity contribution in [3.8, 4) is 11.8 Å². The van der Waals surface area contributed by atoms with Crippen molar-refractivity contribution in [2.45, 2.75) is 33.6 Å². The second-order valence-electron chi connectivity index (χ2n) is 3.79. The maximum atomic E-state index is 4.32. The summed E-state index contributed by atoms with van der Waals surface area (Å²) in [6, 6.07) is 4.05. The van der Waals surface area contributed by atoms with Gasteiger partial charge in [-0.05, 0) is 24.5 Å². The van der Waals surface area contributed by atoms with Crippen molar-refractivity contribution in [2.24, 2.45) is 5.92 Å². The van der Waals surface area contributed by atoms with Crippen molar-refractivity contribution in [3.63, 3.8) is 0 Å². The summed E-state index contributed by atoms with van der Waals surface area (Å²) < 4.78 is 0. The summed E-state index contributed by atoms with van der Waals surface area (Å²) >= 11 is 0. The molecule has 1 heteroatoms. The molecule has 1 nitrogen and oxygen atoms in total. The molecule has 0 atom stereocenters. The normalized spacial score (nSPS) is 9.71. The molecule has 0 aromatic carbocycles. The Morgan fingerprint density at radius 2 is 2.21 bits per heavy atom. The molecular formula is C13H17N. The topological polar surface area (TPSA) is 12.9 Å². The standard InChI is InChI=1S/C13H17N/c1-4-5-6-12-7-8-14-13(10-12)9-11(2)3/h7-8,10-11H,4,9H2,1-3H3. The first kappa shape index (κ1) is 10.8. The molecule has 0 spiro atoms. The van der Waals surface area contributed by atoms with E-state index < -0.39 is 0 Å². The smallest absolute Gasteiger partial charge is 0.0418 e. The molecule has 1 heterocycles. The van der Waals surface area contributed by atoms with E-state index in [-0.39, 0.29) is 0 Å².